The number of pyridine rings is 1. The minimum Gasteiger partial charge on any atom is -0.390 e. The Balaban J connectivity index is 1.67. The van der Waals surface area contributed by atoms with E-state index in [4.69, 9.17) is 0 Å². The Morgan fingerprint density at radius 2 is 1.70 bits per heavy atom. The van der Waals surface area contributed by atoms with E-state index in [0.29, 0.717) is 23.8 Å². The Morgan fingerprint density at radius 3 is 2.27 bits per heavy atom. The molecule has 3 heterocycles. The summed E-state index contributed by atoms with van der Waals surface area (Å²) in [6.45, 7) is 9.05. The van der Waals surface area contributed by atoms with Gasteiger partial charge in [-0.3, -0.25) is 4.98 Å². The van der Waals surface area contributed by atoms with Gasteiger partial charge in [0.05, 0.1) is 23.3 Å². The Hall–Kier alpha value is -2.66. The smallest absolute Gasteiger partial charge is 0.229 e. The molecule has 1 aliphatic rings. The summed E-state index contributed by atoms with van der Waals surface area (Å²) in [6.07, 6.45) is -0.0147. The van der Waals surface area contributed by atoms with Crippen molar-refractivity contribution in [3.05, 3.63) is 40.8 Å². The number of nitrogens with zero attached hydrogens (tertiary/aromatic N) is 4. The Bertz CT molecular complexity index is 1130. The highest BCUT2D eigenvalue weighted by Gasteiger charge is 2.47. The van der Waals surface area contributed by atoms with E-state index < -0.39 is 29.8 Å². The average Bonchev–Trinajstić information content (AvgIpc) is 3.26. The molecule has 0 radical (unpaired) electrons. The topological polar surface area (TPSA) is 136 Å². The standard InChI is InChI=1S/C23H30N6O3S/c1-11-6-14(7-12(2)25-11)27-22-24-9-15(21-26-13(3)10-33-21)20(29-22)28-17-8-16(23(4,5)32)18(30)19(17)31/h6-7,9-10,16-19,30-32H,8H2,1-5H3,(H2,24,25,27,28,29)/t16-,17+,18+,19-/m0/s1. The molecule has 0 amide bonds. The number of nitrogens with one attached hydrogen (secondary N) is 2. The molecule has 176 valence electrons. The summed E-state index contributed by atoms with van der Waals surface area (Å²) >= 11 is 1.48. The summed E-state index contributed by atoms with van der Waals surface area (Å²) in [5, 5.41) is 40.8. The van der Waals surface area contributed by atoms with Gasteiger partial charge >= 0.3 is 0 Å². The van der Waals surface area contributed by atoms with Gasteiger partial charge in [0.2, 0.25) is 5.95 Å². The third kappa shape index (κ3) is 5.14. The summed E-state index contributed by atoms with van der Waals surface area (Å²) in [4.78, 5) is 18.1. The zero-order valence-corrected chi connectivity index (χ0v) is 20.2. The normalized spacial score (nSPS) is 23.0. The molecule has 1 aliphatic carbocycles. The van der Waals surface area contributed by atoms with Crippen molar-refractivity contribution in [1.82, 2.24) is 19.9 Å². The van der Waals surface area contributed by atoms with Gasteiger partial charge in [-0.05, 0) is 53.2 Å². The second-order valence-electron chi connectivity index (χ2n) is 9.24. The molecule has 0 aromatic carbocycles. The van der Waals surface area contributed by atoms with Crippen LogP contribution < -0.4 is 10.6 Å². The number of aromatic nitrogens is 4. The number of hydrogen-bond acceptors (Lipinski definition) is 10. The highest BCUT2D eigenvalue weighted by molar-refractivity contribution is 7.13. The van der Waals surface area contributed by atoms with Gasteiger partial charge in [-0.25, -0.2) is 9.97 Å². The van der Waals surface area contributed by atoms with Gasteiger partial charge in [0, 0.05) is 40.3 Å². The van der Waals surface area contributed by atoms with Crippen LogP contribution >= 0.6 is 11.3 Å². The van der Waals surface area contributed by atoms with Crippen LogP contribution in [-0.2, 0) is 0 Å². The summed E-state index contributed by atoms with van der Waals surface area (Å²) in [5.74, 6) is 0.404. The van der Waals surface area contributed by atoms with Crippen LogP contribution in [0.1, 0.15) is 37.4 Å². The molecule has 0 aliphatic heterocycles. The Labute approximate surface area is 197 Å². The quantitative estimate of drug-likeness (QED) is 0.368. The molecule has 33 heavy (non-hydrogen) atoms. The van der Waals surface area contributed by atoms with Gasteiger partial charge in [0.25, 0.3) is 0 Å². The number of hydrogen-bond donors (Lipinski definition) is 5. The highest BCUT2D eigenvalue weighted by atomic mass is 32.1. The van der Waals surface area contributed by atoms with E-state index in [1.807, 2.05) is 38.3 Å². The van der Waals surface area contributed by atoms with Crippen molar-refractivity contribution >= 4 is 28.8 Å². The summed E-state index contributed by atoms with van der Waals surface area (Å²) in [7, 11) is 0. The molecule has 0 spiro atoms. The van der Waals surface area contributed by atoms with Gasteiger partial charge in [-0.2, -0.15) is 4.98 Å². The fourth-order valence-electron chi connectivity index (χ4n) is 4.28. The molecule has 3 aromatic heterocycles. The van der Waals surface area contributed by atoms with Crippen LogP contribution in [0, 0.1) is 26.7 Å². The molecule has 9 nitrogen and oxygen atoms in total. The minimum absolute atomic E-state index is 0.381. The molecule has 0 saturated heterocycles. The third-order valence-corrected chi connectivity index (χ3v) is 6.88. The van der Waals surface area contributed by atoms with Crippen molar-refractivity contribution in [2.45, 2.75) is 64.9 Å². The number of aliphatic hydroxyl groups excluding tert-OH is 2. The molecule has 3 aromatic rings. The zero-order valence-electron chi connectivity index (χ0n) is 19.4. The van der Waals surface area contributed by atoms with Gasteiger partial charge in [-0.15, -0.1) is 11.3 Å². The van der Waals surface area contributed by atoms with E-state index in [1.54, 1.807) is 20.0 Å². The minimum atomic E-state index is -1.12. The number of aliphatic hydroxyl groups is 3. The molecule has 0 bridgehead atoms. The van der Waals surface area contributed by atoms with Gasteiger partial charge < -0.3 is 26.0 Å². The van der Waals surface area contributed by atoms with E-state index in [2.05, 4.69) is 30.6 Å². The van der Waals surface area contributed by atoms with Crippen LogP contribution in [0.3, 0.4) is 0 Å². The second kappa shape index (κ2) is 8.94. The fraction of sp³-hybridized carbons (Fsp3) is 0.478. The lowest BCUT2D eigenvalue weighted by Crippen LogP contribution is -2.40. The van der Waals surface area contributed by atoms with E-state index in [1.165, 1.54) is 11.3 Å². The van der Waals surface area contributed by atoms with Gasteiger partial charge in [0.1, 0.15) is 16.9 Å². The van der Waals surface area contributed by atoms with Gasteiger partial charge in [-0.1, -0.05) is 0 Å². The van der Waals surface area contributed by atoms with Gasteiger partial charge in [0.15, 0.2) is 0 Å². The first kappa shape index (κ1) is 23.5. The molecule has 10 heteroatoms. The lowest BCUT2D eigenvalue weighted by atomic mass is 9.88. The van der Waals surface area contributed by atoms with E-state index in [9.17, 15) is 15.3 Å². The Morgan fingerprint density at radius 1 is 1.00 bits per heavy atom. The maximum atomic E-state index is 10.7. The third-order valence-electron chi connectivity index (χ3n) is 5.89. The van der Waals surface area contributed by atoms with Crippen molar-refractivity contribution in [1.29, 1.82) is 0 Å². The summed E-state index contributed by atoms with van der Waals surface area (Å²) in [5.41, 5.74) is 3.06. The first-order chi connectivity index (χ1) is 15.5. The lowest BCUT2D eigenvalue weighted by Gasteiger charge is -2.28. The lowest BCUT2D eigenvalue weighted by molar-refractivity contribution is -0.0601. The van der Waals surface area contributed by atoms with E-state index >= 15 is 0 Å². The van der Waals surface area contributed by atoms with E-state index in [0.717, 1.165) is 27.8 Å². The molecule has 0 unspecified atom stereocenters. The number of aryl methyl sites for hydroxylation is 3. The first-order valence-electron chi connectivity index (χ1n) is 10.9. The average molecular weight is 471 g/mol. The highest BCUT2D eigenvalue weighted by Crippen LogP contribution is 2.38. The zero-order chi connectivity index (χ0) is 23.9. The Kier molecular flexibility index (Phi) is 6.37. The van der Waals surface area contributed by atoms with Crippen molar-refractivity contribution in [2.75, 3.05) is 10.6 Å². The van der Waals surface area contributed by atoms with Crippen molar-refractivity contribution in [3.63, 3.8) is 0 Å². The second-order valence-corrected chi connectivity index (χ2v) is 10.1. The maximum Gasteiger partial charge on any atom is 0.229 e. The molecule has 4 rings (SSSR count). The number of rotatable bonds is 6. The van der Waals surface area contributed by atoms with Crippen LogP contribution in [0.5, 0.6) is 0 Å². The SMILES string of the molecule is Cc1cc(Nc2ncc(-c3nc(C)cs3)c(N[C@@H]3C[C@H](C(C)(C)O)[C@@H](O)[C@H]3O)n2)cc(C)n1. The predicted octanol–water partition coefficient (Wildman–Crippen LogP) is 2.96. The maximum absolute atomic E-state index is 10.7. The molecule has 4 atom stereocenters. The van der Waals surface area contributed by atoms with Crippen LogP contribution in [0.15, 0.2) is 23.7 Å². The van der Waals surface area contributed by atoms with Crippen molar-refractivity contribution in [2.24, 2.45) is 5.92 Å². The molecular formula is C23H30N6O3S. The molecule has 1 saturated carbocycles. The predicted molar refractivity (Wildman–Crippen MR) is 129 cm³/mol. The van der Waals surface area contributed by atoms with Crippen LogP contribution in [0.4, 0.5) is 17.5 Å². The van der Waals surface area contributed by atoms with E-state index in [-0.39, 0.29) is 0 Å². The number of thiazole rings is 1. The summed E-state index contributed by atoms with van der Waals surface area (Å²) in [6, 6.07) is 3.32. The van der Waals surface area contributed by atoms with Crippen molar-refractivity contribution < 1.29 is 15.3 Å². The first-order valence-corrected chi connectivity index (χ1v) is 11.8. The molecule has 1 fully saturated rings. The fourth-order valence-corrected chi connectivity index (χ4v) is 5.08. The number of anilines is 3. The monoisotopic (exact) mass is 470 g/mol. The molecular weight excluding hydrogens is 440 g/mol. The van der Waals surface area contributed by atoms with Crippen molar-refractivity contribution in [3.8, 4) is 10.6 Å². The van der Waals surface area contributed by atoms with Crippen LogP contribution in [-0.4, -0.2) is 59.1 Å². The molecule has 5 N–H and O–H groups in total. The largest absolute Gasteiger partial charge is 0.390 e. The van der Waals surface area contributed by atoms with Crippen LogP contribution in [0.2, 0.25) is 0 Å². The summed E-state index contributed by atoms with van der Waals surface area (Å²) < 4.78 is 0. The van der Waals surface area contributed by atoms with Crippen LogP contribution in [0.25, 0.3) is 10.6 Å².